The number of unbranched alkanes of at least 4 members (excludes halogenated alkanes) is 1. The zero-order valence-corrected chi connectivity index (χ0v) is 24.5. The summed E-state index contributed by atoms with van der Waals surface area (Å²) in [6, 6.07) is 7.94. The van der Waals surface area contributed by atoms with Crippen LogP contribution in [0.1, 0.15) is 85.9 Å². The Morgan fingerprint density at radius 3 is 2.88 bits per heavy atom. The van der Waals surface area contributed by atoms with Crippen LogP contribution >= 0.6 is 0 Å². The highest BCUT2D eigenvalue weighted by Crippen LogP contribution is 2.45. The summed E-state index contributed by atoms with van der Waals surface area (Å²) < 4.78 is 32.6. The molecule has 3 fully saturated rings. The van der Waals surface area contributed by atoms with Crippen LogP contribution in [-0.4, -0.2) is 73.1 Å². The topological polar surface area (TPSA) is 93.2 Å². The van der Waals surface area contributed by atoms with Gasteiger partial charge in [0.25, 0.3) is 0 Å². The standard InChI is InChI=1S/C33H44FN3O5/c34-24-7-9-27(29-10-12-33(22-42-29)13-18-40-19-14-33)28(20-24)30(32(38)39)37-16-11-26(21-37)41-17-2-1-5-25-8-6-23-4-3-15-35-31(23)36-25/h6-9,20,26,29-30H,1-5,10-19,21-22H2,(H,35,36)(H,38,39)/t26-,29+,30-/m1/s1. The van der Waals surface area contributed by atoms with Gasteiger partial charge in [-0.2, -0.15) is 0 Å². The lowest BCUT2D eigenvalue weighted by Gasteiger charge is -2.43. The Kier molecular flexibility index (Phi) is 9.38. The molecule has 0 amide bonds. The number of aromatic nitrogens is 1. The van der Waals surface area contributed by atoms with Crippen molar-refractivity contribution in [3.05, 3.63) is 58.5 Å². The van der Waals surface area contributed by atoms with Gasteiger partial charge in [0.2, 0.25) is 0 Å². The lowest BCUT2D eigenvalue weighted by Crippen LogP contribution is -2.39. The summed E-state index contributed by atoms with van der Waals surface area (Å²) >= 11 is 0. The maximum absolute atomic E-state index is 14.5. The van der Waals surface area contributed by atoms with Crippen molar-refractivity contribution < 1.29 is 28.5 Å². The molecule has 6 rings (SSSR count). The van der Waals surface area contributed by atoms with Gasteiger partial charge >= 0.3 is 5.97 Å². The predicted octanol–water partition coefficient (Wildman–Crippen LogP) is 5.47. The molecule has 0 aliphatic carbocycles. The van der Waals surface area contributed by atoms with Crippen LogP contribution in [0.25, 0.3) is 0 Å². The van der Waals surface area contributed by atoms with E-state index in [2.05, 4.69) is 17.4 Å². The van der Waals surface area contributed by atoms with Crippen LogP contribution in [0, 0.1) is 11.2 Å². The van der Waals surface area contributed by atoms with Crippen LogP contribution < -0.4 is 5.32 Å². The molecule has 8 nitrogen and oxygen atoms in total. The van der Waals surface area contributed by atoms with Gasteiger partial charge in [0.1, 0.15) is 17.7 Å². The number of fused-ring (bicyclic) bond motifs is 1. The second-order valence-corrected chi connectivity index (χ2v) is 12.5. The fourth-order valence-electron chi connectivity index (χ4n) is 7.17. The van der Waals surface area contributed by atoms with E-state index < -0.39 is 17.8 Å². The number of pyridine rings is 1. The van der Waals surface area contributed by atoms with E-state index >= 15 is 0 Å². The van der Waals surface area contributed by atoms with Crippen LogP contribution in [0.3, 0.4) is 0 Å². The average Bonchev–Trinajstić information content (AvgIpc) is 3.46. The Morgan fingerprint density at radius 1 is 1.19 bits per heavy atom. The van der Waals surface area contributed by atoms with Crippen molar-refractivity contribution in [2.45, 2.75) is 82.5 Å². The maximum Gasteiger partial charge on any atom is 0.325 e. The van der Waals surface area contributed by atoms with E-state index in [1.807, 2.05) is 4.90 Å². The number of halogens is 1. The molecule has 2 N–H and O–H groups in total. The smallest absolute Gasteiger partial charge is 0.325 e. The number of carbonyl (C=O) groups is 1. The number of aliphatic carboxylic acids is 1. The normalized spacial score (nSPS) is 24.7. The number of nitrogens with zero attached hydrogens (tertiary/aromatic N) is 2. The molecule has 1 aromatic carbocycles. The number of carboxylic acids is 1. The summed E-state index contributed by atoms with van der Waals surface area (Å²) in [6.45, 7) is 4.89. The SMILES string of the molecule is O=C(O)[C@@H](c1cc(F)ccc1[C@@H]1CCC2(CCOCC2)CO1)N1CC[C@@H](OCCCCc2ccc3c(n2)NCCC3)C1. The average molecular weight is 582 g/mol. The molecule has 0 radical (unpaired) electrons. The fraction of sp³-hybridized carbons (Fsp3) is 0.636. The highest BCUT2D eigenvalue weighted by Gasteiger charge is 2.41. The molecular formula is C33H44FN3O5. The van der Waals surface area contributed by atoms with Crippen LogP contribution in [0.15, 0.2) is 30.3 Å². The van der Waals surface area contributed by atoms with E-state index in [1.165, 1.54) is 17.7 Å². The van der Waals surface area contributed by atoms with Gasteiger partial charge < -0.3 is 24.6 Å². The second-order valence-electron chi connectivity index (χ2n) is 12.5. The number of hydrogen-bond donors (Lipinski definition) is 2. The number of nitrogens with one attached hydrogen (secondary N) is 1. The molecule has 0 unspecified atom stereocenters. The predicted molar refractivity (Wildman–Crippen MR) is 157 cm³/mol. The van der Waals surface area contributed by atoms with Gasteiger partial charge in [-0.3, -0.25) is 9.69 Å². The minimum atomic E-state index is -0.966. The molecule has 4 aliphatic heterocycles. The quantitative estimate of drug-likeness (QED) is 0.357. The second kappa shape index (κ2) is 13.4. The molecule has 0 bridgehead atoms. The summed E-state index contributed by atoms with van der Waals surface area (Å²) in [5.74, 6) is -0.354. The zero-order chi connectivity index (χ0) is 28.9. The Bertz CT molecular complexity index is 1230. The number of anilines is 1. The van der Waals surface area contributed by atoms with Gasteiger partial charge in [-0.05, 0) is 105 Å². The first-order valence-corrected chi connectivity index (χ1v) is 15.8. The molecule has 2 aromatic rings. The molecule has 1 spiro atoms. The molecule has 1 aromatic heterocycles. The summed E-state index contributed by atoms with van der Waals surface area (Å²) in [5.41, 5.74) is 3.85. The minimum absolute atomic E-state index is 0.0331. The molecule has 228 valence electrons. The third-order valence-electron chi connectivity index (χ3n) is 9.68. The summed E-state index contributed by atoms with van der Waals surface area (Å²) in [6.07, 6.45) is 9.37. The largest absolute Gasteiger partial charge is 0.480 e. The molecule has 0 saturated carbocycles. The third kappa shape index (κ3) is 6.80. The van der Waals surface area contributed by atoms with Crippen LogP contribution in [-0.2, 0) is 31.8 Å². The van der Waals surface area contributed by atoms with Crippen molar-refractivity contribution >= 4 is 11.8 Å². The van der Waals surface area contributed by atoms with Crippen LogP contribution in [0.5, 0.6) is 0 Å². The van der Waals surface area contributed by atoms with Crippen molar-refractivity contribution in [1.29, 1.82) is 0 Å². The van der Waals surface area contributed by atoms with Crippen molar-refractivity contribution in [1.82, 2.24) is 9.88 Å². The maximum atomic E-state index is 14.5. The van der Waals surface area contributed by atoms with Gasteiger partial charge in [-0.25, -0.2) is 9.37 Å². The number of benzene rings is 1. The minimum Gasteiger partial charge on any atom is -0.480 e. The van der Waals surface area contributed by atoms with E-state index in [-0.39, 0.29) is 17.6 Å². The van der Waals surface area contributed by atoms with E-state index in [0.717, 1.165) is 101 Å². The number of likely N-dealkylation sites (tertiary alicyclic amines) is 1. The Balaban J connectivity index is 1.02. The summed E-state index contributed by atoms with van der Waals surface area (Å²) in [4.78, 5) is 19.3. The first-order valence-electron chi connectivity index (χ1n) is 15.8. The third-order valence-corrected chi connectivity index (χ3v) is 9.68. The Labute approximate surface area is 247 Å². The Morgan fingerprint density at radius 2 is 2.07 bits per heavy atom. The fourth-order valence-corrected chi connectivity index (χ4v) is 7.17. The number of hydrogen-bond acceptors (Lipinski definition) is 7. The van der Waals surface area contributed by atoms with E-state index in [4.69, 9.17) is 19.2 Å². The van der Waals surface area contributed by atoms with E-state index in [1.54, 1.807) is 6.07 Å². The number of ether oxygens (including phenoxy) is 3. The Hall–Kier alpha value is -2.59. The van der Waals surface area contributed by atoms with Crippen LogP contribution in [0.4, 0.5) is 10.2 Å². The monoisotopic (exact) mass is 581 g/mol. The van der Waals surface area contributed by atoms with Crippen molar-refractivity contribution in [3.63, 3.8) is 0 Å². The summed E-state index contributed by atoms with van der Waals surface area (Å²) in [7, 11) is 0. The molecular weight excluding hydrogens is 537 g/mol. The van der Waals surface area contributed by atoms with E-state index in [0.29, 0.717) is 31.9 Å². The lowest BCUT2D eigenvalue weighted by atomic mass is 9.74. The van der Waals surface area contributed by atoms with Gasteiger partial charge in [0.05, 0.1) is 18.8 Å². The molecule has 3 atom stereocenters. The first kappa shape index (κ1) is 29.5. The van der Waals surface area contributed by atoms with Gasteiger partial charge in [-0.15, -0.1) is 0 Å². The molecule has 9 heteroatoms. The van der Waals surface area contributed by atoms with Crippen molar-refractivity contribution in [3.8, 4) is 0 Å². The number of rotatable bonds is 10. The molecule has 4 aliphatic rings. The van der Waals surface area contributed by atoms with Gasteiger partial charge in [-0.1, -0.05) is 12.1 Å². The number of aryl methyl sites for hydroxylation is 2. The molecule has 5 heterocycles. The van der Waals surface area contributed by atoms with Gasteiger partial charge in [0, 0.05) is 45.1 Å². The number of carboxylic acid groups (broad SMARTS) is 1. The van der Waals surface area contributed by atoms with Gasteiger partial charge in [0.15, 0.2) is 0 Å². The van der Waals surface area contributed by atoms with Crippen LogP contribution in [0.2, 0.25) is 0 Å². The lowest BCUT2D eigenvalue weighted by molar-refractivity contribution is -0.143. The molecule has 3 saturated heterocycles. The van der Waals surface area contributed by atoms with Crippen molar-refractivity contribution in [2.24, 2.45) is 5.41 Å². The molecule has 42 heavy (non-hydrogen) atoms. The summed E-state index contributed by atoms with van der Waals surface area (Å²) in [5, 5.41) is 13.7. The zero-order valence-electron chi connectivity index (χ0n) is 24.5. The van der Waals surface area contributed by atoms with Crippen molar-refractivity contribution in [2.75, 3.05) is 51.4 Å². The first-order chi connectivity index (χ1) is 20.5. The van der Waals surface area contributed by atoms with E-state index in [9.17, 15) is 14.3 Å². The highest BCUT2D eigenvalue weighted by atomic mass is 19.1. The highest BCUT2D eigenvalue weighted by molar-refractivity contribution is 5.76.